The zero-order valence-electron chi connectivity index (χ0n) is 15.2. The lowest BCUT2D eigenvalue weighted by molar-refractivity contribution is -0.385. The third kappa shape index (κ3) is 4.01. The first kappa shape index (κ1) is 18.9. The molecule has 0 aliphatic carbocycles. The smallest absolute Gasteiger partial charge is 0.269 e. The summed E-state index contributed by atoms with van der Waals surface area (Å²) in [4.78, 5) is 29.0. The van der Waals surface area contributed by atoms with Crippen LogP contribution >= 0.6 is 0 Å². The van der Waals surface area contributed by atoms with E-state index in [-0.39, 0.29) is 11.4 Å². The predicted octanol–water partition coefficient (Wildman–Crippen LogP) is 3.39. The van der Waals surface area contributed by atoms with Crippen molar-refractivity contribution >= 4 is 11.4 Å². The van der Waals surface area contributed by atoms with Crippen molar-refractivity contribution in [2.24, 2.45) is 0 Å². The van der Waals surface area contributed by atoms with Crippen molar-refractivity contribution in [3.05, 3.63) is 80.5 Å². The van der Waals surface area contributed by atoms with E-state index in [1.807, 2.05) is 0 Å². The van der Waals surface area contributed by atoms with Crippen LogP contribution in [0.4, 0.5) is 11.4 Å². The average molecular weight is 408 g/mol. The van der Waals surface area contributed by atoms with Crippen molar-refractivity contribution in [3.8, 4) is 22.8 Å². The Morgan fingerprint density at radius 3 is 1.37 bits per heavy atom. The molecule has 12 heteroatoms. The van der Waals surface area contributed by atoms with Crippen molar-refractivity contribution in [1.82, 2.24) is 20.3 Å². The normalized spacial score (nSPS) is 10.8. The number of nitro benzene ring substituents is 2. The number of aryl methyl sites for hydroxylation is 2. The number of hydrogen-bond donors (Lipinski definition) is 0. The van der Waals surface area contributed by atoms with E-state index >= 15 is 0 Å². The fourth-order valence-electron chi connectivity index (χ4n) is 2.63. The summed E-state index contributed by atoms with van der Waals surface area (Å²) in [6, 6.07) is 11.6. The van der Waals surface area contributed by atoms with Gasteiger partial charge in [0.1, 0.15) is 0 Å². The van der Waals surface area contributed by atoms with Crippen LogP contribution in [-0.2, 0) is 12.8 Å². The first-order valence-corrected chi connectivity index (χ1v) is 8.64. The molecule has 0 saturated carbocycles. The van der Waals surface area contributed by atoms with Crippen LogP contribution in [0.2, 0.25) is 0 Å². The molecule has 0 radical (unpaired) electrons. The molecular formula is C18H12N6O6. The second kappa shape index (κ2) is 7.87. The minimum Gasteiger partial charge on any atom is -0.339 e. The predicted molar refractivity (Wildman–Crippen MR) is 100 cm³/mol. The van der Waals surface area contributed by atoms with E-state index in [4.69, 9.17) is 9.05 Å². The molecule has 30 heavy (non-hydrogen) atoms. The summed E-state index contributed by atoms with van der Waals surface area (Å²) in [7, 11) is 0. The molecule has 0 saturated heterocycles. The SMILES string of the molecule is O=[N+]([O-])c1ccc(-c2noc(CCc3nc(-c4ccc([N+](=O)[O-])cc4)no3)n2)cc1. The fourth-order valence-corrected chi connectivity index (χ4v) is 2.63. The van der Waals surface area contributed by atoms with Gasteiger partial charge in [-0.25, -0.2) is 0 Å². The van der Waals surface area contributed by atoms with Crippen LogP contribution in [0.5, 0.6) is 0 Å². The maximum absolute atomic E-state index is 10.7. The van der Waals surface area contributed by atoms with Gasteiger partial charge in [0, 0.05) is 48.2 Å². The van der Waals surface area contributed by atoms with Gasteiger partial charge in [-0.05, 0) is 24.3 Å². The Hall–Kier alpha value is -4.48. The Kier molecular flexibility index (Phi) is 4.95. The summed E-state index contributed by atoms with van der Waals surface area (Å²) in [5, 5.41) is 29.2. The van der Waals surface area contributed by atoms with E-state index in [1.54, 1.807) is 24.3 Å². The monoisotopic (exact) mass is 408 g/mol. The lowest BCUT2D eigenvalue weighted by atomic mass is 10.2. The summed E-state index contributed by atoms with van der Waals surface area (Å²) in [5.41, 5.74) is 1.13. The molecule has 2 heterocycles. The molecule has 0 aliphatic rings. The molecule has 0 N–H and O–H groups in total. The third-order valence-corrected chi connectivity index (χ3v) is 4.16. The molecule has 0 bridgehead atoms. The molecular weight excluding hydrogens is 396 g/mol. The van der Waals surface area contributed by atoms with Crippen molar-refractivity contribution in [2.75, 3.05) is 0 Å². The van der Waals surface area contributed by atoms with E-state index in [0.29, 0.717) is 47.4 Å². The van der Waals surface area contributed by atoms with Gasteiger partial charge in [-0.1, -0.05) is 10.3 Å². The van der Waals surface area contributed by atoms with E-state index in [9.17, 15) is 20.2 Å². The topological polar surface area (TPSA) is 164 Å². The highest BCUT2D eigenvalue weighted by molar-refractivity contribution is 5.57. The minimum atomic E-state index is -0.485. The molecule has 4 rings (SSSR count). The Morgan fingerprint density at radius 1 is 0.667 bits per heavy atom. The lowest BCUT2D eigenvalue weighted by Gasteiger charge is -1.94. The zero-order valence-corrected chi connectivity index (χ0v) is 15.2. The second-order valence-electron chi connectivity index (χ2n) is 6.13. The Bertz CT molecular complexity index is 1100. The zero-order chi connectivity index (χ0) is 21.1. The number of non-ortho nitro benzene ring substituents is 2. The molecule has 0 amide bonds. The Morgan fingerprint density at radius 2 is 1.03 bits per heavy atom. The van der Waals surface area contributed by atoms with Crippen LogP contribution in [0.25, 0.3) is 22.8 Å². The highest BCUT2D eigenvalue weighted by atomic mass is 16.6. The summed E-state index contributed by atoms with van der Waals surface area (Å²) in [5.74, 6) is 1.32. The van der Waals surface area contributed by atoms with Crippen LogP contribution in [-0.4, -0.2) is 30.1 Å². The first-order valence-electron chi connectivity index (χ1n) is 8.64. The summed E-state index contributed by atoms with van der Waals surface area (Å²) < 4.78 is 10.4. The molecule has 0 spiro atoms. The minimum absolute atomic E-state index is 0.0253. The fraction of sp³-hybridized carbons (Fsp3) is 0.111. The van der Waals surface area contributed by atoms with Crippen molar-refractivity contribution in [1.29, 1.82) is 0 Å². The maximum Gasteiger partial charge on any atom is 0.269 e. The standard InChI is InChI=1S/C18H12N6O6/c25-23(26)13-5-1-11(2-6-13)17-19-15(29-21-17)9-10-16-20-18(22-30-16)12-3-7-14(8-4-12)24(27)28/h1-8H,9-10H2. The summed E-state index contributed by atoms with van der Waals surface area (Å²) in [6.45, 7) is 0. The van der Waals surface area contributed by atoms with Crippen LogP contribution in [0.3, 0.4) is 0 Å². The summed E-state index contributed by atoms with van der Waals surface area (Å²) >= 11 is 0. The number of nitro groups is 2. The van der Waals surface area contributed by atoms with Gasteiger partial charge in [0.2, 0.25) is 23.4 Å². The lowest BCUT2D eigenvalue weighted by Crippen LogP contribution is -1.92. The molecule has 12 nitrogen and oxygen atoms in total. The van der Waals surface area contributed by atoms with E-state index < -0.39 is 9.85 Å². The Balaban J connectivity index is 1.40. The molecule has 4 aromatic rings. The largest absolute Gasteiger partial charge is 0.339 e. The molecule has 2 aromatic carbocycles. The third-order valence-electron chi connectivity index (χ3n) is 4.16. The molecule has 0 atom stereocenters. The second-order valence-corrected chi connectivity index (χ2v) is 6.13. The van der Waals surface area contributed by atoms with Gasteiger partial charge in [-0.2, -0.15) is 9.97 Å². The van der Waals surface area contributed by atoms with Gasteiger partial charge < -0.3 is 9.05 Å². The molecule has 150 valence electrons. The Labute approximate surface area is 167 Å². The van der Waals surface area contributed by atoms with Gasteiger partial charge in [-0.3, -0.25) is 20.2 Å². The van der Waals surface area contributed by atoms with Crippen molar-refractivity contribution in [3.63, 3.8) is 0 Å². The number of nitrogens with zero attached hydrogens (tertiary/aromatic N) is 6. The van der Waals surface area contributed by atoms with Gasteiger partial charge in [0.05, 0.1) is 9.85 Å². The number of hydrogen-bond acceptors (Lipinski definition) is 10. The van der Waals surface area contributed by atoms with Gasteiger partial charge in [-0.15, -0.1) is 0 Å². The van der Waals surface area contributed by atoms with Gasteiger partial charge in [0.15, 0.2) is 0 Å². The van der Waals surface area contributed by atoms with E-state index in [0.717, 1.165) is 0 Å². The highest BCUT2D eigenvalue weighted by Crippen LogP contribution is 2.22. The van der Waals surface area contributed by atoms with Crippen LogP contribution < -0.4 is 0 Å². The van der Waals surface area contributed by atoms with Crippen molar-refractivity contribution in [2.45, 2.75) is 12.8 Å². The first-order chi connectivity index (χ1) is 14.5. The molecule has 0 unspecified atom stereocenters. The highest BCUT2D eigenvalue weighted by Gasteiger charge is 2.14. The quantitative estimate of drug-likeness (QED) is 0.327. The summed E-state index contributed by atoms with van der Waals surface area (Å²) in [6.07, 6.45) is 0.698. The maximum atomic E-state index is 10.7. The van der Waals surface area contributed by atoms with Crippen LogP contribution in [0, 0.1) is 20.2 Å². The average Bonchev–Trinajstić information content (AvgIpc) is 3.42. The van der Waals surface area contributed by atoms with E-state index in [2.05, 4.69) is 20.3 Å². The van der Waals surface area contributed by atoms with Gasteiger partial charge >= 0.3 is 0 Å². The number of aromatic nitrogens is 4. The van der Waals surface area contributed by atoms with Gasteiger partial charge in [0.25, 0.3) is 11.4 Å². The molecule has 2 aromatic heterocycles. The number of benzene rings is 2. The van der Waals surface area contributed by atoms with E-state index in [1.165, 1.54) is 24.3 Å². The number of rotatable bonds is 7. The molecule has 0 fully saturated rings. The molecule has 0 aliphatic heterocycles. The van der Waals surface area contributed by atoms with Crippen LogP contribution in [0.15, 0.2) is 57.6 Å². The van der Waals surface area contributed by atoms with Crippen molar-refractivity contribution < 1.29 is 18.9 Å². The van der Waals surface area contributed by atoms with Crippen LogP contribution in [0.1, 0.15) is 11.8 Å².